The van der Waals surface area contributed by atoms with Crippen LogP contribution in [0.3, 0.4) is 0 Å². The lowest BCUT2D eigenvalue weighted by Gasteiger charge is -2.12. The van der Waals surface area contributed by atoms with Gasteiger partial charge in [0.1, 0.15) is 0 Å². The molecule has 1 aromatic carbocycles. The smallest absolute Gasteiger partial charge is 0.191 e. The van der Waals surface area contributed by atoms with Crippen molar-refractivity contribution >= 4 is 17.6 Å². The predicted octanol–water partition coefficient (Wildman–Crippen LogP) is 1.90. The standard InChI is InChI=1S/C14H18ClN5/c1-16-14(17-8-10-20-9-4-7-19-20)18-11-12-5-2-3-6-13(12)15/h2-7,9H,8,10-11H2,1H3,(H2,16,17,18). The quantitative estimate of drug-likeness (QED) is 0.653. The highest BCUT2D eigenvalue weighted by Crippen LogP contribution is 2.13. The summed E-state index contributed by atoms with van der Waals surface area (Å²) in [4.78, 5) is 4.17. The fourth-order valence-corrected chi connectivity index (χ4v) is 1.97. The summed E-state index contributed by atoms with van der Waals surface area (Å²) in [7, 11) is 1.75. The van der Waals surface area contributed by atoms with Gasteiger partial charge in [0, 0.05) is 37.6 Å². The molecule has 6 heteroatoms. The number of aromatic nitrogens is 2. The molecule has 1 aromatic heterocycles. The molecule has 0 aliphatic rings. The van der Waals surface area contributed by atoms with Crippen LogP contribution >= 0.6 is 11.6 Å². The van der Waals surface area contributed by atoms with Gasteiger partial charge in [-0.25, -0.2) is 0 Å². The molecule has 0 atom stereocenters. The minimum Gasteiger partial charge on any atom is -0.355 e. The normalized spacial score (nSPS) is 11.4. The number of nitrogens with one attached hydrogen (secondary N) is 2. The summed E-state index contributed by atoms with van der Waals surface area (Å²) in [6, 6.07) is 9.67. The number of halogens is 1. The number of nitrogens with zero attached hydrogens (tertiary/aromatic N) is 3. The Labute approximate surface area is 123 Å². The van der Waals surface area contributed by atoms with E-state index in [2.05, 4.69) is 20.7 Å². The van der Waals surface area contributed by atoms with Crippen molar-refractivity contribution in [3.8, 4) is 0 Å². The zero-order chi connectivity index (χ0) is 14.2. The summed E-state index contributed by atoms with van der Waals surface area (Å²) >= 11 is 6.11. The van der Waals surface area contributed by atoms with Crippen LogP contribution < -0.4 is 10.6 Å². The molecule has 1 heterocycles. The Hall–Kier alpha value is -2.01. The second-order valence-corrected chi connectivity index (χ2v) is 4.62. The number of guanidine groups is 1. The maximum absolute atomic E-state index is 6.11. The second kappa shape index (κ2) is 7.55. The summed E-state index contributed by atoms with van der Waals surface area (Å²) < 4.78 is 1.87. The van der Waals surface area contributed by atoms with Crippen LogP contribution in [0.25, 0.3) is 0 Å². The topological polar surface area (TPSA) is 54.2 Å². The van der Waals surface area contributed by atoms with E-state index in [-0.39, 0.29) is 0 Å². The van der Waals surface area contributed by atoms with Crippen molar-refractivity contribution in [3.63, 3.8) is 0 Å². The van der Waals surface area contributed by atoms with Crippen molar-refractivity contribution in [1.29, 1.82) is 0 Å². The fourth-order valence-electron chi connectivity index (χ4n) is 1.76. The lowest BCUT2D eigenvalue weighted by molar-refractivity contribution is 0.597. The molecule has 0 radical (unpaired) electrons. The third kappa shape index (κ3) is 4.28. The van der Waals surface area contributed by atoms with Gasteiger partial charge < -0.3 is 10.6 Å². The Morgan fingerprint density at radius 2 is 2.15 bits per heavy atom. The highest BCUT2D eigenvalue weighted by atomic mass is 35.5. The van der Waals surface area contributed by atoms with Crippen LogP contribution in [-0.2, 0) is 13.1 Å². The highest BCUT2D eigenvalue weighted by molar-refractivity contribution is 6.31. The molecule has 0 aliphatic heterocycles. The van der Waals surface area contributed by atoms with Gasteiger partial charge in [0.25, 0.3) is 0 Å². The first-order valence-electron chi connectivity index (χ1n) is 6.45. The monoisotopic (exact) mass is 291 g/mol. The van der Waals surface area contributed by atoms with E-state index < -0.39 is 0 Å². The molecule has 20 heavy (non-hydrogen) atoms. The van der Waals surface area contributed by atoms with E-state index in [1.807, 2.05) is 41.2 Å². The molecule has 0 saturated heterocycles. The predicted molar refractivity (Wildman–Crippen MR) is 81.9 cm³/mol. The number of hydrogen-bond donors (Lipinski definition) is 2. The van der Waals surface area contributed by atoms with Crippen LogP contribution in [0.5, 0.6) is 0 Å². The van der Waals surface area contributed by atoms with Crippen LogP contribution in [0.15, 0.2) is 47.7 Å². The van der Waals surface area contributed by atoms with Gasteiger partial charge in [-0.2, -0.15) is 5.10 Å². The number of rotatable bonds is 5. The van der Waals surface area contributed by atoms with Crippen molar-refractivity contribution in [3.05, 3.63) is 53.3 Å². The fraction of sp³-hybridized carbons (Fsp3) is 0.286. The molecule has 0 bridgehead atoms. The van der Waals surface area contributed by atoms with Gasteiger partial charge in [-0.05, 0) is 17.7 Å². The average molecular weight is 292 g/mol. The van der Waals surface area contributed by atoms with E-state index >= 15 is 0 Å². The molecule has 2 aromatic rings. The van der Waals surface area contributed by atoms with Crippen LogP contribution in [0, 0.1) is 0 Å². The van der Waals surface area contributed by atoms with Crippen LogP contribution in [-0.4, -0.2) is 29.3 Å². The van der Waals surface area contributed by atoms with Gasteiger partial charge in [0.2, 0.25) is 0 Å². The maximum atomic E-state index is 6.11. The summed E-state index contributed by atoms with van der Waals surface area (Å²) in [5, 5.41) is 11.4. The summed E-state index contributed by atoms with van der Waals surface area (Å²) in [5.41, 5.74) is 1.05. The molecule has 0 saturated carbocycles. The second-order valence-electron chi connectivity index (χ2n) is 4.21. The van der Waals surface area contributed by atoms with Crippen LogP contribution in [0.1, 0.15) is 5.56 Å². The first-order chi connectivity index (χ1) is 9.79. The van der Waals surface area contributed by atoms with Crippen LogP contribution in [0.2, 0.25) is 5.02 Å². The Morgan fingerprint density at radius 1 is 1.30 bits per heavy atom. The molecule has 0 amide bonds. The van der Waals surface area contributed by atoms with Gasteiger partial charge in [-0.15, -0.1) is 0 Å². The summed E-state index contributed by atoms with van der Waals surface area (Å²) in [6.45, 7) is 2.19. The summed E-state index contributed by atoms with van der Waals surface area (Å²) in [5.74, 6) is 0.747. The molecular formula is C14H18ClN5. The Kier molecular flexibility index (Phi) is 5.43. The molecule has 5 nitrogen and oxygen atoms in total. The maximum Gasteiger partial charge on any atom is 0.191 e. The SMILES string of the molecule is CN=C(NCCn1cccn1)NCc1ccccc1Cl. The molecule has 0 unspecified atom stereocenters. The Balaban J connectivity index is 1.77. The zero-order valence-corrected chi connectivity index (χ0v) is 12.1. The van der Waals surface area contributed by atoms with Crippen molar-refractivity contribution in [2.75, 3.05) is 13.6 Å². The molecule has 2 N–H and O–H groups in total. The lowest BCUT2D eigenvalue weighted by atomic mass is 10.2. The number of benzene rings is 1. The lowest BCUT2D eigenvalue weighted by Crippen LogP contribution is -2.38. The minimum absolute atomic E-state index is 0.640. The molecule has 0 fully saturated rings. The third-order valence-corrected chi connectivity index (χ3v) is 3.19. The zero-order valence-electron chi connectivity index (χ0n) is 11.4. The van der Waals surface area contributed by atoms with Gasteiger partial charge >= 0.3 is 0 Å². The first kappa shape index (κ1) is 14.4. The van der Waals surface area contributed by atoms with Gasteiger partial charge in [-0.1, -0.05) is 29.8 Å². The molecular weight excluding hydrogens is 274 g/mol. The first-order valence-corrected chi connectivity index (χ1v) is 6.83. The molecule has 0 spiro atoms. The average Bonchev–Trinajstić information content (AvgIpc) is 2.97. The van der Waals surface area contributed by atoms with Gasteiger partial charge in [0.05, 0.1) is 6.54 Å². The minimum atomic E-state index is 0.640. The van der Waals surface area contributed by atoms with Gasteiger partial charge in [-0.3, -0.25) is 9.67 Å². The number of hydrogen-bond acceptors (Lipinski definition) is 2. The van der Waals surface area contributed by atoms with Crippen molar-refractivity contribution < 1.29 is 0 Å². The summed E-state index contributed by atoms with van der Waals surface area (Å²) in [6.07, 6.45) is 3.70. The van der Waals surface area contributed by atoms with Crippen molar-refractivity contribution in [2.24, 2.45) is 4.99 Å². The van der Waals surface area contributed by atoms with E-state index in [4.69, 9.17) is 11.6 Å². The Morgan fingerprint density at radius 3 is 2.85 bits per heavy atom. The van der Waals surface area contributed by atoms with E-state index in [1.165, 1.54) is 0 Å². The third-order valence-electron chi connectivity index (χ3n) is 2.82. The molecule has 2 rings (SSSR count). The van der Waals surface area contributed by atoms with Crippen molar-refractivity contribution in [1.82, 2.24) is 20.4 Å². The van der Waals surface area contributed by atoms with Crippen molar-refractivity contribution in [2.45, 2.75) is 13.1 Å². The molecule has 0 aliphatic carbocycles. The van der Waals surface area contributed by atoms with Gasteiger partial charge in [0.15, 0.2) is 5.96 Å². The number of aliphatic imine (C=N–C) groups is 1. The van der Waals surface area contributed by atoms with E-state index in [1.54, 1.807) is 13.2 Å². The van der Waals surface area contributed by atoms with Crippen LogP contribution in [0.4, 0.5) is 0 Å². The Bertz CT molecular complexity index is 550. The molecule has 106 valence electrons. The highest BCUT2D eigenvalue weighted by Gasteiger charge is 2.01. The van der Waals surface area contributed by atoms with E-state index in [0.717, 1.165) is 29.6 Å². The van der Waals surface area contributed by atoms with E-state index in [0.29, 0.717) is 6.54 Å². The largest absolute Gasteiger partial charge is 0.355 e. The van der Waals surface area contributed by atoms with E-state index in [9.17, 15) is 0 Å².